The molecule has 49 heavy (non-hydrogen) atoms. The number of aromatic nitrogens is 4. The number of anilines is 2. The predicted molar refractivity (Wildman–Crippen MR) is 197 cm³/mol. The summed E-state index contributed by atoms with van der Waals surface area (Å²) < 4.78 is 2.00. The van der Waals surface area contributed by atoms with Gasteiger partial charge in [-0.05, 0) is 54.8 Å². The van der Waals surface area contributed by atoms with Crippen molar-refractivity contribution in [2.24, 2.45) is 0 Å². The zero-order valence-corrected chi connectivity index (χ0v) is 28.8. The van der Waals surface area contributed by atoms with Gasteiger partial charge in [-0.1, -0.05) is 77.3 Å². The van der Waals surface area contributed by atoms with E-state index >= 15 is 0 Å². The van der Waals surface area contributed by atoms with Crippen LogP contribution in [0.15, 0.2) is 91.4 Å². The van der Waals surface area contributed by atoms with Gasteiger partial charge in [-0.3, -0.25) is 9.59 Å². The van der Waals surface area contributed by atoms with Gasteiger partial charge in [0, 0.05) is 69.3 Å². The average molecular weight is 713 g/mol. The third kappa shape index (κ3) is 6.87. The number of amides is 2. The first-order chi connectivity index (χ1) is 23.7. The monoisotopic (exact) mass is 711 g/mol. The lowest BCUT2D eigenvalue weighted by Gasteiger charge is -2.33. The third-order valence-corrected chi connectivity index (χ3v) is 9.52. The first-order valence-corrected chi connectivity index (χ1v) is 17.0. The quantitative estimate of drug-likeness (QED) is 0.147. The number of benzene rings is 3. The van der Waals surface area contributed by atoms with E-state index in [1.54, 1.807) is 30.7 Å². The second kappa shape index (κ2) is 14.0. The summed E-state index contributed by atoms with van der Waals surface area (Å²) in [6.07, 6.45) is 5.04. The molecular formula is C37H32Cl3N7O2. The van der Waals surface area contributed by atoms with E-state index in [1.807, 2.05) is 65.2 Å². The van der Waals surface area contributed by atoms with Crippen LogP contribution in [0, 0.1) is 0 Å². The summed E-state index contributed by atoms with van der Waals surface area (Å²) in [4.78, 5) is 41.1. The topological polar surface area (TPSA) is 108 Å². The van der Waals surface area contributed by atoms with E-state index in [1.165, 1.54) is 6.92 Å². The molecule has 4 heterocycles. The Balaban J connectivity index is 1.32. The Bertz CT molecular complexity index is 2170. The molecule has 0 aliphatic carbocycles. The molecule has 7 rings (SSSR count). The lowest BCUT2D eigenvalue weighted by atomic mass is 10.0. The number of nitrogens with zero attached hydrogens (tertiary/aromatic N) is 4. The van der Waals surface area contributed by atoms with Crippen molar-refractivity contribution in [1.82, 2.24) is 24.8 Å². The Kier molecular flexibility index (Phi) is 9.31. The van der Waals surface area contributed by atoms with Crippen molar-refractivity contribution >= 4 is 69.0 Å². The average Bonchev–Trinajstić information content (AvgIpc) is 3.67. The Morgan fingerprint density at radius 1 is 0.918 bits per heavy atom. The van der Waals surface area contributed by atoms with Crippen molar-refractivity contribution < 1.29 is 9.59 Å². The van der Waals surface area contributed by atoms with Crippen molar-refractivity contribution in [3.05, 3.63) is 118 Å². The largest absolute Gasteiger partial charge is 0.355 e. The van der Waals surface area contributed by atoms with Crippen LogP contribution in [0.4, 0.5) is 11.5 Å². The molecule has 3 N–H and O–H groups in total. The molecule has 0 spiro atoms. The molecule has 0 radical (unpaired) electrons. The fourth-order valence-electron chi connectivity index (χ4n) is 6.45. The summed E-state index contributed by atoms with van der Waals surface area (Å²) in [7, 11) is 0. The molecule has 1 fully saturated rings. The van der Waals surface area contributed by atoms with E-state index in [0.29, 0.717) is 68.7 Å². The maximum Gasteiger partial charge on any atom is 0.272 e. The van der Waals surface area contributed by atoms with Gasteiger partial charge in [0.15, 0.2) is 5.82 Å². The normalized spacial score (nSPS) is 13.5. The number of imidazole rings is 1. The van der Waals surface area contributed by atoms with E-state index in [2.05, 4.69) is 25.5 Å². The second-order valence-corrected chi connectivity index (χ2v) is 13.3. The number of aromatic amines is 1. The molecule has 0 unspecified atom stereocenters. The molecule has 0 bridgehead atoms. The predicted octanol–water partition coefficient (Wildman–Crippen LogP) is 8.46. The van der Waals surface area contributed by atoms with Crippen LogP contribution < -0.4 is 15.5 Å². The number of carbonyl (C=O) groups is 2. The summed E-state index contributed by atoms with van der Waals surface area (Å²) in [5.74, 6) is 0.291. The number of carbonyl (C=O) groups excluding carboxylic acids is 2. The van der Waals surface area contributed by atoms with Gasteiger partial charge in [-0.15, -0.1) is 0 Å². The zero-order chi connectivity index (χ0) is 34.1. The Labute approximate surface area is 298 Å². The SMILES string of the molecule is CC(=O)NC1CCN(c2ncccc2NC(=O)c2[nH]c3cc(Cl)ccc3c2-c2c(-c3ccccc3)ncn2Cc2ccc(Cl)cc2Cl)CC1. The highest BCUT2D eigenvalue weighted by Gasteiger charge is 2.28. The van der Waals surface area contributed by atoms with Crippen LogP contribution in [0.3, 0.4) is 0 Å². The highest BCUT2D eigenvalue weighted by Crippen LogP contribution is 2.40. The summed E-state index contributed by atoms with van der Waals surface area (Å²) >= 11 is 19.3. The Hall–Kier alpha value is -4.83. The molecule has 9 nitrogen and oxygen atoms in total. The maximum atomic E-state index is 14.5. The second-order valence-electron chi connectivity index (χ2n) is 12.0. The van der Waals surface area contributed by atoms with Gasteiger partial charge in [0.2, 0.25) is 5.91 Å². The molecule has 1 saturated heterocycles. The van der Waals surface area contributed by atoms with Gasteiger partial charge < -0.3 is 25.1 Å². The lowest BCUT2D eigenvalue weighted by Crippen LogP contribution is -2.44. The third-order valence-electron chi connectivity index (χ3n) is 8.70. The molecular weight excluding hydrogens is 681 g/mol. The maximum absolute atomic E-state index is 14.5. The smallest absolute Gasteiger partial charge is 0.272 e. The van der Waals surface area contributed by atoms with Crippen LogP contribution in [-0.4, -0.2) is 50.5 Å². The van der Waals surface area contributed by atoms with Crippen molar-refractivity contribution in [3.8, 4) is 22.5 Å². The summed E-state index contributed by atoms with van der Waals surface area (Å²) in [6.45, 7) is 3.29. The van der Waals surface area contributed by atoms with Crippen LogP contribution in [-0.2, 0) is 11.3 Å². The van der Waals surface area contributed by atoms with Crippen molar-refractivity contribution in [3.63, 3.8) is 0 Å². The standard InChI is InChI=1S/C37H32Cl3N7O2/c1-22(48)43-27-13-16-46(17-14-27)36-30(8-5-15-41-36)45-37(49)34-32(28-12-11-26(39)19-31(28)44-34)35-33(23-6-3-2-4-7-23)42-21-47(35)20-24-9-10-25(38)18-29(24)40/h2-12,15,18-19,21,27,44H,13-14,16-17,20H2,1H3,(H,43,48)(H,45,49). The molecule has 12 heteroatoms. The minimum absolute atomic E-state index is 0.0345. The van der Waals surface area contributed by atoms with Crippen LogP contribution in [0.25, 0.3) is 33.4 Å². The molecule has 3 aromatic carbocycles. The van der Waals surface area contributed by atoms with Gasteiger partial charge >= 0.3 is 0 Å². The molecule has 0 saturated carbocycles. The minimum atomic E-state index is -0.346. The Morgan fingerprint density at radius 3 is 2.43 bits per heavy atom. The van der Waals surface area contributed by atoms with Crippen LogP contribution in [0.2, 0.25) is 15.1 Å². The van der Waals surface area contributed by atoms with Crippen LogP contribution in [0.5, 0.6) is 0 Å². The molecule has 1 aliphatic heterocycles. The number of pyridine rings is 1. The summed E-state index contributed by atoms with van der Waals surface area (Å²) in [5.41, 5.74) is 5.49. The van der Waals surface area contributed by atoms with E-state index in [-0.39, 0.29) is 17.9 Å². The van der Waals surface area contributed by atoms with Gasteiger partial charge in [0.25, 0.3) is 5.91 Å². The minimum Gasteiger partial charge on any atom is -0.355 e. The van der Waals surface area contributed by atoms with Gasteiger partial charge in [0.05, 0.1) is 29.9 Å². The van der Waals surface area contributed by atoms with Gasteiger partial charge in [0.1, 0.15) is 5.69 Å². The number of fused-ring (bicyclic) bond motifs is 1. The number of halogens is 3. The fourth-order valence-corrected chi connectivity index (χ4v) is 7.09. The zero-order valence-electron chi connectivity index (χ0n) is 26.5. The van der Waals surface area contributed by atoms with E-state index in [9.17, 15) is 9.59 Å². The van der Waals surface area contributed by atoms with Crippen molar-refractivity contribution in [1.29, 1.82) is 0 Å². The number of nitrogens with one attached hydrogen (secondary N) is 3. The van der Waals surface area contributed by atoms with Crippen LogP contribution in [0.1, 0.15) is 35.8 Å². The fraction of sp³-hybridized carbons (Fsp3) is 0.189. The van der Waals surface area contributed by atoms with Crippen molar-refractivity contribution in [2.75, 3.05) is 23.3 Å². The molecule has 6 aromatic rings. The first kappa shape index (κ1) is 32.7. The number of rotatable bonds is 8. The molecule has 2 amide bonds. The van der Waals surface area contributed by atoms with Gasteiger partial charge in [-0.25, -0.2) is 9.97 Å². The lowest BCUT2D eigenvalue weighted by molar-refractivity contribution is -0.119. The molecule has 0 atom stereocenters. The van der Waals surface area contributed by atoms with Crippen LogP contribution >= 0.6 is 34.8 Å². The Morgan fingerprint density at radius 2 is 1.67 bits per heavy atom. The van der Waals surface area contributed by atoms with Crippen molar-refractivity contribution in [2.45, 2.75) is 32.4 Å². The summed E-state index contributed by atoms with van der Waals surface area (Å²) in [6, 6.07) is 24.6. The summed E-state index contributed by atoms with van der Waals surface area (Å²) in [5, 5.41) is 8.58. The molecule has 3 aromatic heterocycles. The number of H-pyrrole nitrogens is 1. The number of hydrogen-bond acceptors (Lipinski definition) is 5. The van der Waals surface area contributed by atoms with E-state index in [0.717, 1.165) is 35.0 Å². The molecule has 1 aliphatic rings. The van der Waals surface area contributed by atoms with E-state index < -0.39 is 0 Å². The first-order valence-electron chi connectivity index (χ1n) is 15.9. The highest BCUT2D eigenvalue weighted by molar-refractivity contribution is 6.35. The number of piperidine rings is 1. The van der Waals surface area contributed by atoms with E-state index in [4.69, 9.17) is 39.8 Å². The number of hydrogen-bond donors (Lipinski definition) is 3. The highest BCUT2D eigenvalue weighted by atomic mass is 35.5. The molecule has 248 valence electrons. The van der Waals surface area contributed by atoms with Gasteiger partial charge in [-0.2, -0.15) is 0 Å².